The summed E-state index contributed by atoms with van der Waals surface area (Å²) in [5.74, 6) is 0.690. The summed E-state index contributed by atoms with van der Waals surface area (Å²) in [6.45, 7) is 2.24. The van der Waals surface area contributed by atoms with Crippen molar-refractivity contribution in [3.8, 4) is 0 Å². The van der Waals surface area contributed by atoms with Crippen molar-refractivity contribution in [2.45, 2.75) is 25.8 Å². The van der Waals surface area contributed by atoms with Gasteiger partial charge < -0.3 is 5.32 Å². The van der Waals surface area contributed by atoms with Gasteiger partial charge >= 0.3 is 0 Å². The van der Waals surface area contributed by atoms with Gasteiger partial charge in [0, 0.05) is 10.4 Å². The fraction of sp³-hybridized carbons (Fsp3) is 0.350. The predicted octanol–water partition coefficient (Wildman–Crippen LogP) is 5.37. The largest absolute Gasteiger partial charge is 0.317 e. The van der Waals surface area contributed by atoms with Crippen molar-refractivity contribution in [1.82, 2.24) is 5.32 Å². The first-order valence-electron chi connectivity index (χ1n) is 8.95. The van der Waals surface area contributed by atoms with E-state index in [1.165, 1.54) is 5.06 Å². The van der Waals surface area contributed by atoms with Crippen molar-refractivity contribution >= 4 is 46.3 Å². The van der Waals surface area contributed by atoms with Gasteiger partial charge in [-0.15, -0.1) is 0 Å². The van der Waals surface area contributed by atoms with E-state index in [9.17, 15) is 5.21 Å². The quantitative estimate of drug-likeness (QED) is 0.681. The molecule has 1 saturated heterocycles. The van der Waals surface area contributed by atoms with E-state index < -0.39 is 0 Å². The number of nitrogens with zero attached hydrogens (tertiary/aromatic N) is 2. The third-order valence-corrected chi connectivity index (χ3v) is 6.37. The molecule has 0 aliphatic carbocycles. The maximum atomic E-state index is 11.0. The first-order valence-corrected chi connectivity index (χ1v) is 10.1. The number of amidine groups is 1. The Bertz CT molecular complexity index is 894. The van der Waals surface area contributed by atoms with E-state index in [2.05, 4.69) is 5.32 Å². The molecule has 0 aromatic heterocycles. The molecule has 0 saturated carbocycles. The molecule has 0 atom stereocenters. The molecular formula is C20H20Cl3N3O. The van der Waals surface area contributed by atoms with Gasteiger partial charge in [-0.2, -0.15) is 0 Å². The highest BCUT2D eigenvalue weighted by molar-refractivity contribution is 6.42. The highest BCUT2D eigenvalue weighted by Gasteiger charge is 2.44. The summed E-state index contributed by atoms with van der Waals surface area (Å²) in [5.41, 5.74) is 2.43. The Kier molecular flexibility index (Phi) is 5.36. The van der Waals surface area contributed by atoms with Crippen LogP contribution in [0.3, 0.4) is 0 Å². The van der Waals surface area contributed by atoms with Gasteiger partial charge in [0.1, 0.15) is 5.84 Å². The van der Waals surface area contributed by atoms with Gasteiger partial charge in [-0.05, 0) is 67.7 Å². The number of aliphatic imine (C=N–C) groups is 1. The molecule has 2 aromatic rings. The van der Waals surface area contributed by atoms with E-state index in [-0.39, 0.29) is 5.41 Å². The molecule has 0 radical (unpaired) electrons. The smallest absolute Gasteiger partial charge is 0.136 e. The molecule has 7 heteroatoms. The van der Waals surface area contributed by atoms with Crippen LogP contribution in [0.15, 0.2) is 41.4 Å². The summed E-state index contributed by atoms with van der Waals surface area (Å²) in [7, 11) is 0. The lowest BCUT2D eigenvalue weighted by Crippen LogP contribution is -2.52. The lowest BCUT2D eigenvalue weighted by Gasteiger charge is -2.45. The average molecular weight is 425 g/mol. The van der Waals surface area contributed by atoms with Gasteiger partial charge in [0.05, 0.1) is 22.3 Å². The second-order valence-electron chi connectivity index (χ2n) is 7.18. The number of hydrogen-bond donors (Lipinski definition) is 2. The summed E-state index contributed by atoms with van der Waals surface area (Å²) in [6.07, 6.45) is 2.59. The van der Waals surface area contributed by atoms with Crippen molar-refractivity contribution in [1.29, 1.82) is 0 Å². The van der Waals surface area contributed by atoms with E-state index in [1.807, 2.05) is 30.3 Å². The Hall–Kier alpha value is -1.30. The standard InChI is InChI=1S/C20H20Cl3N3O/c21-15-3-1-2-13(8-15)12-25-19-20(4-6-24-7-5-20)11-14-9-16(22)17(23)10-18(14)26(19)27/h1-3,8-10,24,27H,4-7,11-12H2. The van der Waals surface area contributed by atoms with E-state index in [4.69, 9.17) is 39.8 Å². The zero-order chi connectivity index (χ0) is 19.0. The van der Waals surface area contributed by atoms with Crippen LogP contribution in [0.5, 0.6) is 0 Å². The van der Waals surface area contributed by atoms with Crippen LogP contribution in [-0.2, 0) is 13.0 Å². The summed E-state index contributed by atoms with van der Waals surface area (Å²) < 4.78 is 0. The Morgan fingerprint density at radius 2 is 1.81 bits per heavy atom. The zero-order valence-electron chi connectivity index (χ0n) is 14.7. The molecule has 1 spiro atoms. The third kappa shape index (κ3) is 3.69. The van der Waals surface area contributed by atoms with Gasteiger partial charge in [0.2, 0.25) is 0 Å². The number of piperidine rings is 1. The van der Waals surface area contributed by atoms with E-state index in [1.54, 1.807) is 6.07 Å². The Morgan fingerprint density at radius 1 is 1.07 bits per heavy atom. The van der Waals surface area contributed by atoms with Crippen molar-refractivity contribution in [2.24, 2.45) is 10.4 Å². The summed E-state index contributed by atoms with van der Waals surface area (Å²) >= 11 is 18.5. The lowest BCUT2D eigenvalue weighted by atomic mass is 9.70. The second-order valence-corrected chi connectivity index (χ2v) is 8.43. The number of benzene rings is 2. The molecule has 0 bridgehead atoms. The first-order chi connectivity index (χ1) is 13.0. The minimum Gasteiger partial charge on any atom is -0.317 e. The lowest BCUT2D eigenvalue weighted by molar-refractivity contribution is 0.236. The maximum Gasteiger partial charge on any atom is 0.136 e. The maximum absolute atomic E-state index is 11.0. The van der Waals surface area contributed by atoms with Crippen LogP contribution in [0.25, 0.3) is 0 Å². The van der Waals surface area contributed by atoms with Crippen LogP contribution < -0.4 is 10.4 Å². The Balaban J connectivity index is 1.76. The molecule has 2 heterocycles. The minimum absolute atomic E-state index is 0.220. The number of anilines is 1. The molecule has 27 heavy (non-hydrogen) atoms. The van der Waals surface area contributed by atoms with Gasteiger partial charge in [-0.25, -0.2) is 5.06 Å². The summed E-state index contributed by atoms with van der Waals surface area (Å²) in [5, 5.41) is 17.3. The normalized spacial score (nSPS) is 20.1. The number of halogens is 3. The summed E-state index contributed by atoms with van der Waals surface area (Å²) in [6, 6.07) is 11.2. The zero-order valence-corrected chi connectivity index (χ0v) is 17.0. The monoisotopic (exact) mass is 423 g/mol. The van der Waals surface area contributed by atoms with E-state index in [0.717, 1.165) is 43.5 Å². The van der Waals surface area contributed by atoms with Gasteiger partial charge in [0.25, 0.3) is 0 Å². The van der Waals surface area contributed by atoms with Crippen LogP contribution >= 0.6 is 34.8 Å². The third-order valence-electron chi connectivity index (χ3n) is 5.41. The molecule has 4 nitrogen and oxygen atoms in total. The molecular weight excluding hydrogens is 405 g/mol. The number of hydrogen-bond acceptors (Lipinski definition) is 3. The Morgan fingerprint density at radius 3 is 2.56 bits per heavy atom. The number of hydroxylamine groups is 1. The van der Waals surface area contributed by atoms with Crippen molar-refractivity contribution in [3.05, 3.63) is 62.6 Å². The van der Waals surface area contributed by atoms with E-state index in [0.29, 0.717) is 33.1 Å². The van der Waals surface area contributed by atoms with Crippen molar-refractivity contribution in [2.75, 3.05) is 18.2 Å². The topological polar surface area (TPSA) is 47.9 Å². The first kappa shape index (κ1) is 19.0. The fourth-order valence-electron chi connectivity index (χ4n) is 4.04. The molecule has 142 valence electrons. The molecule has 4 rings (SSSR count). The fourth-order valence-corrected chi connectivity index (χ4v) is 4.60. The molecule has 2 aliphatic rings. The summed E-state index contributed by atoms with van der Waals surface area (Å²) in [4.78, 5) is 4.83. The van der Waals surface area contributed by atoms with Crippen LogP contribution in [-0.4, -0.2) is 24.1 Å². The Labute approximate surface area is 173 Å². The highest BCUT2D eigenvalue weighted by atomic mass is 35.5. The number of rotatable bonds is 2. The van der Waals surface area contributed by atoms with E-state index >= 15 is 0 Å². The number of nitrogens with one attached hydrogen (secondary N) is 1. The molecule has 1 fully saturated rings. The highest BCUT2D eigenvalue weighted by Crippen LogP contribution is 2.45. The van der Waals surface area contributed by atoms with Gasteiger partial charge in [-0.3, -0.25) is 10.2 Å². The molecule has 2 aromatic carbocycles. The van der Waals surface area contributed by atoms with Crippen LogP contribution in [0.2, 0.25) is 15.1 Å². The molecule has 0 amide bonds. The molecule has 2 aliphatic heterocycles. The van der Waals surface area contributed by atoms with Crippen LogP contribution in [0.4, 0.5) is 5.69 Å². The minimum atomic E-state index is -0.220. The predicted molar refractivity (Wildman–Crippen MR) is 112 cm³/mol. The van der Waals surface area contributed by atoms with Gasteiger partial charge in [0.15, 0.2) is 0 Å². The van der Waals surface area contributed by atoms with Crippen LogP contribution in [0, 0.1) is 5.41 Å². The van der Waals surface area contributed by atoms with Crippen molar-refractivity contribution < 1.29 is 5.21 Å². The SMILES string of the molecule is ON1C(=NCc2cccc(Cl)c2)C2(CCNCC2)Cc2cc(Cl)c(Cl)cc21. The van der Waals surface area contributed by atoms with Crippen molar-refractivity contribution in [3.63, 3.8) is 0 Å². The van der Waals surface area contributed by atoms with Gasteiger partial charge in [-0.1, -0.05) is 46.9 Å². The van der Waals surface area contributed by atoms with Crippen LogP contribution in [0.1, 0.15) is 24.0 Å². The average Bonchev–Trinajstić information content (AvgIpc) is 2.64. The second kappa shape index (κ2) is 7.61. The molecule has 0 unspecified atom stereocenters. The number of fused-ring (bicyclic) bond motifs is 1. The molecule has 2 N–H and O–H groups in total.